The van der Waals surface area contributed by atoms with Crippen molar-refractivity contribution in [1.29, 1.82) is 0 Å². The molecule has 0 aliphatic carbocycles. The Balaban J connectivity index is 2.31. The average Bonchev–Trinajstić information content (AvgIpc) is 2.49. The van der Waals surface area contributed by atoms with Crippen LogP contribution in [0.2, 0.25) is 5.02 Å². The van der Waals surface area contributed by atoms with E-state index < -0.39 is 0 Å². The van der Waals surface area contributed by atoms with Gasteiger partial charge >= 0.3 is 0 Å². The van der Waals surface area contributed by atoms with Crippen LogP contribution in [0.25, 0.3) is 6.08 Å². The molecule has 2 aromatic carbocycles. The Morgan fingerprint density at radius 2 is 1.76 bits per heavy atom. The van der Waals surface area contributed by atoms with Crippen molar-refractivity contribution < 1.29 is 0 Å². The Bertz CT molecular complexity index is 681. The molecule has 0 unspecified atom stereocenters. The summed E-state index contributed by atoms with van der Waals surface area (Å²) < 4.78 is 0. The first-order valence-electron chi connectivity index (χ1n) is 6.28. The molecule has 3 N–H and O–H groups in total. The Labute approximate surface area is 134 Å². The van der Waals surface area contributed by atoms with E-state index >= 15 is 0 Å². The van der Waals surface area contributed by atoms with E-state index in [1.165, 1.54) is 0 Å². The number of halogens is 1. The van der Waals surface area contributed by atoms with Crippen molar-refractivity contribution in [3.05, 3.63) is 76.8 Å². The van der Waals surface area contributed by atoms with Gasteiger partial charge in [0, 0.05) is 10.6 Å². The lowest BCUT2D eigenvalue weighted by Crippen LogP contribution is -2.25. The molecule has 21 heavy (non-hydrogen) atoms. The van der Waals surface area contributed by atoms with Crippen LogP contribution in [0.15, 0.2) is 65.8 Å². The van der Waals surface area contributed by atoms with Crippen molar-refractivity contribution in [2.24, 2.45) is 10.8 Å². The van der Waals surface area contributed by atoms with Gasteiger partial charge < -0.3 is 5.73 Å². The molecular weight excluding hydrogens is 302 g/mol. The summed E-state index contributed by atoms with van der Waals surface area (Å²) in [7, 11) is 0. The summed E-state index contributed by atoms with van der Waals surface area (Å²) in [5, 5.41) is 5.01. The summed E-state index contributed by atoms with van der Waals surface area (Å²) in [5.74, 6) is 0. The minimum absolute atomic E-state index is 0.120. The lowest BCUT2D eigenvalue weighted by Gasteiger charge is -2.03. The Kier molecular flexibility index (Phi) is 5.49. The van der Waals surface area contributed by atoms with Gasteiger partial charge in [0.2, 0.25) is 0 Å². The highest BCUT2D eigenvalue weighted by atomic mass is 35.5. The zero-order chi connectivity index (χ0) is 15.1. The van der Waals surface area contributed by atoms with Gasteiger partial charge in [0.15, 0.2) is 5.11 Å². The predicted octanol–water partition coefficient (Wildman–Crippen LogP) is 3.59. The lowest BCUT2D eigenvalue weighted by atomic mass is 10.1. The maximum atomic E-state index is 6.13. The van der Waals surface area contributed by atoms with E-state index in [4.69, 9.17) is 29.6 Å². The summed E-state index contributed by atoms with van der Waals surface area (Å²) in [4.78, 5) is 0. The SMILES string of the molecule is NC(=S)N/N=C(/C=C/c1ccccc1Cl)c1ccccc1. The normalized spacial score (nSPS) is 11.6. The molecule has 0 atom stereocenters. The smallest absolute Gasteiger partial charge is 0.184 e. The second kappa shape index (κ2) is 7.57. The molecule has 0 spiro atoms. The fraction of sp³-hybridized carbons (Fsp3) is 0. The van der Waals surface area contributed by atoms with Gasteiger partial charge in [0.1, 0.15) is 0 Å². The van der Waals surface area contributed by atoms with E-state index in [9.17, 15) is 0 Å². The summed E-state index contributed by atoms with van der Waals surface area (Å²) in [6, 6.07) is 17.3. The number of nitrogens with one attached hydrogen (secondary N) is 1. The molecule has 2 aromatic rings. The van der Waals surface area contributed by atoms with Gasteiger partial charge in [0.25, 0.3) is 0 Å². The number of benzene rings is 2. The third-order valence-electron chi connectivity index (χ3n) is 2.68. The third kappa shape index (κ3) is 4.70. The number of nitrogens with zero attached hydrogens (tertiary/aromatic N) is 1. The Morgan fingerprint density at radius 3 is 2.43 bits per heavy atom. The van der Waals surface area contributed by atoms with E-state index in [-0.39, 0.29) is 5.11 Å². The summed E-state index contributed by atoms with van der Waals surface area (Å²) >= 11 is 10.9. The molecule has 0 aliphatic rings. The van der Waals surface area contributed by atoms with Gasteiger partial charge in [-0.05, 0) is 29.9 Å². The van der Waals surface area contributed by atoms with Crippen molar-refractivity contribution in [3.8, 4) is 0 Å². The molecule has 5 heteroatoms. The maximum Gasteiger partial charge on any atom is 0.184 e. The van der Waals surface area contributed by atoms with Crippen LogP contribution in [0, 0.1) is 0 Å². The van der Waals surface area contributed by atoms with Crippen molar-refractivity contribution in [2.75, 3.05) is 0 Å². The zero-order valence-electron chi connectivity index (χ0n) is 11.2. The molecule has 0 aliphatic heterocycles. The number of hydrogen-bond donors (Lipinski definition) is 2. The highest BCUT2D eigenvalue weighted by Crippen LogP contribution is 2.16. The number of thiocarbonyl (C=S) groups is 1. The van der Waals surface area contributed by atoms with E-state index in [0.717, 1.165) is 11.1 Å². The molecule has 0 fully saturated rings. The van der Waals surface area contributed by atoms with Crippen LogP contribution < -0.4 is 11.2 Å². The first kappa shape index (κ1) is 15.2. The van der Waals surface area contributed by atoms with E-state index in [1.54, 1.807) is 0 Å². The predicted molar refractivity (Wildman–Crippen MR) is 93.4 cm³/mol. The fourth-order valence-corrected chi connectivity index (χ4v) is 1.95. The van der Waals surface area contributed by atoms with Gasteiger partial charge in [-0.1, -0.05) is 66.2 Å². The first-order valence-corrected chi connectivity index (χ1v) is 7.06. The highest BCUT2D eigenvalue weighted by Gasteiger charge is 2.00. The number of hydrogen-bond acceptors (Lipinski definition) is 2. The van der Waals surface area contributed by atoms with E-state index in [0.29, 0.717) is 10.7 Å². The topological polar surface area (TPSA) is 50.4 Å². The Hall–Kier alpha value is -2.17. The second-order valence-corrected chi connectivity index (χ2v) is 5.04. The van der Waals surface area contributed by atoms with Gasteiger partial charge in [-0.25, -0.2) is 0 Å². The largest absolute Gasteiger partial charge is 0.375 e. The fourth-order valence-electron chi connectivity index (χ4n) is 1.70. The number of nitrogens with two attached hydrogens (primary N) is 1. The van der Waals surface area contributed by atoms with Crippen LogP contribution in [0.3, 0.4) is 0 Å². The third-order valence-corrected chi connectivity index (χ3v) is 3.12. The van der Waals surface area contributed by atoms with Gasteiger partial charge in [0.05, 0.1) is 5.71 Å². The quantitative estimate of drug-likeness (QED) is 0.515. The molecule has 0 saturated carbocycles. The molecule has 2 rings (SSSR count). The van der Waals surface area contributed by atoms with Gasteiger partial charge in [-0.3, -0.25) is 5.43 Å². The molecule has 0 amide bonds. The van der Waals surface area contributed by atoms with Crippen LogP contribution in [0.4, 0.5) is 0 Å². The minimum Gasteiger partial charge on any atom is -0.375 e. The highest BCUT2D eigenvalue weighted by molar-refractivity contribution is 7.80. The molecule has 0 bridgehead atoms. The molecule has 106 valence electrons. The summed E-state index contributed by atoms with van der Waals surface area (Å²) in [6.45, 7) is 0. The minimum atomic E-state index is 0.120. The van der Waals surface area contributed by atoms with E-state index in [2.05, 4.69) is 10.5 Å². The van der Waals surface area contributed by atoms with Crippen molar-refractivity contribution in [3.63, 3.8) is 0 Å². The van der Waals surface area contributed by atoms with Crippen LogP contribution in [-0.4, -0.2) is 10.8 Å². The number of rotatable bonds is 4. The molecule has 0 aromatic heterocycles. The molecule has 0 heterocycles. The van der Waals surface area contributed by atoms with Crippen molar-refractivity contribution >= 4 is 40.7 Å². The van der Waals surface area contributed by atoms with Gasteiger partial charge in [-0.2, -0.15) is 5.10 Å². The number of hydrazone groups is 1. The lowest BCUT2D eigenvalue weighted by molar-refractivity contribution is 1.03. The second-order valence-electron chi connectivity index (χ2n) is 4.19. The van der Waals surface area contributed by atoms with Crippen molar-refractivity contribution in [2.45, 2.75) is 0 Å². The van der Waals surface area contributed by atoms with Crippen LogP contribution in [0.1, 0.15) is 11.1 Å². The monoisotopic (exact) mass is 315 g/mol. The van der Waals surface area contributed by atoms with Crippen LogP contribution in [-0.2, 0) is 0 Å². The van der Waals surface area contributed by atoms with Crippen molar-refractivity contribution in [1.82, 2.24) is 5.43 Å². The zero-order valence-corrected chi connectivity index (χ0v) is 12.7. The first-order chi connectivity index (χ1) is 10.2. The van der Waals surface area contributed by atoms with E-state index in [1.807, 2.05) is 66.7 Å². The summed E-state index contributed by atoms with van der Waals surface area (Å²) in [6.07, 6.45) is 3.76. The van der Waals surface area contributed by atoms with Crippen LogP contribution in [0.5, 0.6) is 0 Å². The summed E-state index contributed by atoms with van der Waals surface area (Å²) in [5.41, 5.74) is 10.6. The molecule has 0 saturated heterocycles. The average molecular weight is 316 g/mol. The number of allylic oxidation sites excluding steroid dienone is 1. The molecular formula is C16H14ClN3S. The molecule has 0 radical (unpaired) electrons. The molecule has 3 nitrogen and oxygen atoms in total. The standard InChI is InChI=1S/C16H14ClN3S/c17-14-9-5-4-6-12(14)10-11-15(19-20-16(18)21)13-7-2-1-3-8-13/h1-11H,(H3,18,20,21)/b11-10+,19-15-. The van der Waals surface area contributed by atoms with Crippen LogP contribution >= 0.6 is 23.8 Å². The van der Waals surface area contributed by atoms with Gasteiger partial charge in [-0.15, -0.1) is 0 Å². The Morgan fingerprint density at radius 1 is 1.10 bits per heavy atom. The maximum absolute atomic E-state index is 6.13.